The molecule has 1 rings (SSSR count). The zero-order valence-corrected chi connectivity index (χ0v) is 8.00. The van der Waals surface area contributed by atoms with Gasteiger partial charge in [0.05, 0.1) is 0 Å². The number of aryl methyl sites for hydroxylation is 2. The van der Waals surface area contributed by atoms with E-state index in [4.69, 9.17) is 0 Å². The third kappa shape index (κ3) is 1.99. The van der Waals surface area contributed by atoms with E-state index in [9.17, 15) is 4.79 Å². The van der Waals surface area contributed by atoms with E-state index in [-0.39, 0.29) is 5.91 Å². The quantitative estimate of drug-likeness (QED) is 0.694. The monoisotopic (exact) mass is 178 g/mol. The number of nitrogens with one attached hydrogen (secondary N) is 1. The minimum absolute atomic E-state index is 0.0510. The lowest BCUT2D eigenvalue weighted by Gasteiger charge is -2.04. The molecule has 3 nitrogen and oxygen atoms in total. The minimum atomic E-state index is -0.0510. The third-order valence-electron chi connectivity index (χ3n) is 1.90. The van der Waals surface area contributed by atoms with Crippen LogP contribution in [0.1, 0.15) is 16.1 Å². The van der Waals surface area contributed by atoms with Gasteiger partial charge in [0.2, 0.25) is 0 Å². The van der Waals surface area contributed by atoms with Crippen LogP contribution in [0.3, 0.4) is 0 Å². The number of aromatic nitrogens is 1. The van der Waals surface area contributed by atoms with Crippen LogP contribution in [0.15, 0.2) is 24.9 Å². The fourth-order valence-corrected chi connectivity index (χ4v) is 1.24. The van der Waals surface area contributed by atoms with Gasteiger partial charge >= 0.3 is 0 Å². The second kappa shape index (κ2) is 3.94. The fourth-order valence-electron chi connectivity index (χ4n) is 1.24. The molecule has 0 radical (unpaired) electrons. The maximum atomic E-state index is 11.5. The van der Waals surface area contributed by atoms with Crippen molar-refractivity contribution in [2.24, 2.45) is 7.05 Å². The van der Waals surface area contributed by atoms with Crippen LogP contribution in [0.2, 0.25) is 0 Å². The normalized spacial score (nSPS) is 9.69. The highest BCUT2D eigenvalue weighted by atomic mass is 16.1. The second-order valence-electron chi connectivity index (χ2n) is 2.96. The summed E-state index contributed by atoms with van der Waals surface area (Å²) < 4.78 is 1.81. The summed E-state index contributed by atoms with van der Waals surface area (Å²) in [5.74, 6) is -0.0510. The lowest BCUT2D eigenvalue weighted by Crippen LogP contribution is -2.25. The van der Waals surface area contributed by atoms with Crippen molar-refractivity contribution in [1.82, 2.24) is 9.88 Å². The Kier molecular flexibility index (Phi) is 2.90. The van der Waals surface area contributed by atoms with Crippen LogP contribution in [-0.4, -0.2) is 17.0 Å². The van der Waals surface area contributed by atoms with E-state index in [0.29, 0.717) is 12.2 Å². The molecule has 0 aliphatic carbocycles. The molecule has 1 aromatic heterocycles. The Labute approximate surface area is 78.1 Å². The van der Waals surface area contributed by atoms with Crippen LogP contribution < -0.4 is 5.32 Å². The molecule has 0 aliphatic rings. The molecular formula is C10H14N2O. The third-order valence-corrected chi connectivity index (χ3v) is 1.90. The summed E-state index contributed by atoms with van der Waals surface area (Å²) in [5, 5.41) is 2.74. The van der Waals surface area contributed by atoms with Gasteiger partial charge in [-0.2, -0.15) is 0 Å². The van der Waals surface area contributed by atoms with Crippen molar-refractivity contribution in [2.75, 3.05) is 6.54 Å². The molecule has 0 atom stereocenters. The Morgan fingerprint density at radius 2 is 2.46 bits per heavy atom. The molecule has 0 saturated heterocycles. The van der Waals surface area contributed by atoms with Crippen LogP contribution in [0, 0.1) is 6.92 Å². The Morgan fingerprint density at radius 1 is 1.77 bits per heavy atom. The highest BCUT2D eigenvalue weighted by molar-refractivity contribution is 5.94. The van der Waals surface area contributed by atoms with Gasteiger partial charge in [0.1, 0.15) is 5.69 Å². The molecule has 70 valence electrons. The van der Waals surface area contributed by atoms with Crippen LogP contribution in [0.25, 0.3) is 0 Å². The first-order valence-corrected chi connectivity index (χ1v) is 4.18. The molecule has 1 heterocycles. The van der Waals surface area contributed by atoms with Crippen molar-refractivity contribution in [1.29, 1.82) is 0 Å². The van der Waals surface area contributed by atoms with Crippen LogP contribution in [0.4, 0.5) is 0 Å². The molecule has 13 heavy (non-hydrogen) atoms. The molecule has 0 aliphatic heterocycles. The highest BCUT2D eigenvalue weighted by Gasteiger charge is 2.10. The van der Waals surface area contributed by atoms with Crippen LogP contribution in [0.5, 0.6) is 0 Å². The van der Waals surface area contributed by atoms with Gasteiger partial charge in [-0.3, -0.25) is 4.79 Å². The summed E-state index contributed by atoms with van der Waals surface area (Å²) in [4.78, 5) is 11.5. The summed E-state index contributed by atoms with van der Waals surface area (Å²) in [6.07, 6.45) is 3.54. The Hall–Kier alpha value is -1.51. The molecule has 0 spiro atoms. The number of nitrogens with zero attached hydrogens (tertiary/aromatic N) is 1. The second-order valence-corrected chi connectivity index (χ2v) is 2.96. The van der Waals surface area contributed by atoms with Crippen molar-refractivity contribution in [3.63, 3.8) is 0 Å². The van der Waals surface area contributed by atoms with Gasteiger partial charge in [-0.1, -0.05) is 6.08 Å². The first kappa shape index (κ1) is 9.58. The first-order valence-electron chi connectivity index (χ1n) is 4.18. The van der Waals surface area contributed by atoms with Gasteiger partial charge in [-0.15, -0.1) is 6.58 Å². The van der Waals surface area contributed by atoms with E-state index < -0.39 is 0 Å². The molecule has 3 heteroatoms. The van der Waals surface area contributed by atoms with Crippen molar-refractivity contribution < 1.29 is 4.79 Å². The van der Waals surface area contributed by atoms with E-state index in [1.165, 1.54) is 0 Å². The van der Waals surface area contributed by atoms with E-state index in [1.807, 2.05) is 30.8 Å². The van der Waals surface area contributed by atoms with Crippen molar-refractivity contribution in [3.05, 3.63) is 36.2 Å². The van der Waals surface area contributed by atoms with E-state index in [2.05, 4.69) is 11.9 Å². The van der Waals surface area contributed by atoms with Crippen LogP contribution in [-0.2, 0) is 7.05 Å². The first-order chi connectivity index (χ1) is 6.16. The summed E-state index contributed by atoms with van der Waals surface area (Å²) >= 11 is 0. The molecular weight excluding hydrogens is 164 g/mol. The lowest BCUT2D eigenvalue weighted by molar-refractivity contribution is 0.0949. The molecule has 0 saturated carbocycles. The number of amides is 1. The molecule has 0 bridgehead atoms. The lowest BCUT2D eigenvalue weighted by atomic mass is 10.2. The number of hydrogen-bond acceptors (Lipinski definition) is 1. The summed E-state index contributed by atoms with van der Waals surface area (Å²) in [7, 11) is 1.86. The fraction of sp³-hybridized carbons (Fsp3) is 0.300. The van der Waals surface area contributed by atoms with Crippen LogP contribution >= 0.6 is 0 Å². The molecule has 0 unspecified atom stereocenters. The van der Waals surface area contributed by atoms with Gasteiger partial charge in [0.15, 0.2) is 0 Å². The standard InChI is InChI=1S/C10H14N2O/c1-4-6-11-10(13)9-8(2)5-7-12(9)3/h4-5,7H,1,6H2,2-3H3,(H,11,13). The average Bonchev–Trinajstić information content (AvgIpc) is 2.42. The maximum Gasteiger partial charge on any atom is 0.268 e. The maximum absolute atomic E-state index is 11.5. The zero-order chi connectivity index (χ0) is 9.84. The van der Waals surface area contributed by atoms with E-state index >= 15 is 0 Å². The Bertz CT molecular complexity index is 306. The van der Waals surface area contributed by atoms with Gasteiger partial charge in [0, 0.05) is 19.8 Å². The van der Waals surface area contributed by atoms with Crippen molar-refractivity contribution >= 4 is 5.91 Å². The Balaban J connectivity index is 2.81. The number of carbonyl (C=O) groups is 1. The Morgan fingerprint density at radius 3 is 2.92 bits per heavy atom. The van der Waals surface area contributed by atoms with Gasteiger partial charge in [-0.05, 0) is 18.6 Å². The van der Waals surface area contributed by atoms with Gasteiger partial charge in [0.25, 0.3) is 5.91 Å². The average molecular weight is 178 g/mol. The molecule has 1 aromatic rings. The number of hydrogen-bond donors (Lipinski definition) is 1. The SMILES string of the molecule is C=CCNC(=O)c1c(C)ccn1C. The predicted octanol–water partition coefficient (Wildman–Crippen LogP) is 1.25. The molecule has 0 fully saturated rings. The highest BCUT2D eigenvalue weighted by Crippen LogP contribution is 2.07. The largest absolute Gasteiger partial charge is 0.347 e. The summed E-state index contributed by atoms with van der Waals surface area (Å²) in [6.45, 7) is 5.96. The molecule has 1 N–H and O–H groups in total. The minimum Gasteiger partial charge on any atom is -0.347 e. The summed E-state index contributed by atoms with van der Waals surface area (Å²) in [5.41, 5.74) is 1.70. The number of carbonyl (C=O) groups excluding carboxylic acids is 1. The molecule has 0 aromatic carbocycles. The predicted molar refractivity (Wildman–Crippen MR) is 52.7 cm³/mol. The zero-order valence-electron chi connectivity index (χ0n) is 8.00. The van der Waals surface area contributed by atoms with Crippen molar-refractivity contribution in [2.45, 2.75) is 6.92 Å². The number of rotatable bonds is 3. The van der Waals surface area contributed by atoms with Crippen molar-refractivity contribution in [3.8, 4) is 0 Å². The molecule has 1 amide bonds. The van der Waals surface area contributed by atoms with E-state index in [0.717, 1.165) is 5.56 Å². The smallest absolute Gasteiger partial charge is 0.268 e. The summed E-state index contributed by atoms with van der Waals surface area (Å²) in [6, 6.07) is 1.92. The van der Waals surface area contributed by atoms with Gasteiger partial charge < -0.3 is 9.88 Å². The topological polar surface area (TPSA) is 34.0 Å². The van der Waals surface area contributed by atoms with Gasteiger partial charge in [-0.25, -0.2) is 0 Å². The van der Waals surface area contributed by atoms with E-state index in [1.54, 1.807) is 6.08 Å².